The summed E-state index contributed by atoms with van der Waals surface area (Å²) in [6, 6.07) is 15.3. The normalized spacial score (nSPS) is 20.2. The zero-order valence-corrected chi connectivity index (χ0v) is 15.0. The number of aromatic hydroxyl groups is 2. The Hall–Kier alpha value is -1.01. The Balaban J connectivity index is 0.00000192. The SMILES string of the molecule is Cl.Oc1ccc(SC[C@@H]2C[C@H](Sc3ccc(O)cc3)CN2)cc1. The van der Waals surface area contributed by atoms with Crippen LogP contribution in [0.25, 0.3) is 0 Å². The summed E-state index contributed by atoms with van der Waals surface area (Å²) < 4.78 is 0. The molecule has 3 nitrogen and oxygen atoms in total. The number of phenols is 2. The van der Waals surface area contributed by atoms with Crippen molar-refractivity contribution in [1.82, 2.24) is 5.32 Å². The van der Waals surface area contributed by atoms with Gasteiger partial charge in [-0.25, -0.2) is 0 Å². The van der Waals surface area contributed by atoms with E-state index in [9.17, 15) is 10.2 Å². The summed E-state index contributed by atoms with van der Waals surface area (Å²) in [5.41, 5.74) is 0. The molecule has 1 saturated heterocycles. The molecule has 0 unspecified atom stereocenters. The average molecular weight is 370 g/mol. The number of nitrogens with one attached hydrogen (secondary N) is 1. The van der Waals surface area contributed by atoms with Crippen LogP contribution in [0.15, 0.2) is 58.3 Å². The molecule has 2 atom stereocenters. The van der Waals surface area contributed by atoms with Gasteiger partial charge < -0.3 is 15.5 Å². The molecular formula is C17H20ClNO2S2. The van der Waals surface area contributed by atoms with E-state index in [4.69, 9.17) is 0 Å². The van der Waals surface area contributed by atoms with Crippen molar-refractivity contribution in [3.63, 3.8) is 0 Å². The lowest BCUT2D eigenvalue weighted by Crippen LogP contribution is -2.23. The smallest absolute Gasteiger partial charge is 0.115 e. The van der Waals surface area contributed by atoms with E-state index in [0.29, 0.717) is 22.8 Å². The molecule has 1 aliphatic heterocycles. The van der Waals surface area contributed by atoms with Gasteiger partial charge in [-0.1, -0.05) is 0 Å². The highest BCUT2D eigenvalue weighted by Crippen LogP contribution is 2.31. The Morgan fingerprint density at radius 3 is 2.09 bits per heavy atom. The van der Waals surface area contributed by atoms with Gasteiger partial charge >= 0.3 is 0 Å². The van der Waals surface area contributed by atoms with Crippen molar-refractivity contribution in [2.24, 2.45) is 0 Å². The summed E-state index contributed by atoms with van der Waals surface area (Å²) in [5, 5.41) is 22.8. The first-order valence-corrected chi connectivity index (χ1v) is 9.16. The minimum absolute atomic E-state index is 0. The molecule has 3 rings (SSSR count). The molecule has 0 amide bonds. The molecule has 0 radical (unpaired) electrons. The van der Waals surface area contributed by atoms with E-state index >= 15 is 0 Å². The molecule has 23 heavy (non-hydrogen) atoms. The number of hydrogen-bond acceptors (Lipinski definition) is 5. The quantitative estimate of drug-likeness (QED) is 0.692. The van der Waals surface area contributed by atoms with Crippen LogP contribution < -0.4 is 5.32 Å². The zero-order chi connectivity index (χ0) is 15.4. The summed E-state index contributed by atoms with van der Waals surface area (Å²) in [6.07, 6.45) is 1.15. The Morgan fingerprint density at radius 1 is 0.913 bits per heavy atom. The first-order valence-electron chi connectivity index (χ1n) is 7.30. The molecule has 1 aliphatic rings. The molecule has 2 aromatic rings. The fraction of sp³-hybridized carbons (Fsp3) is 0.294. The standard InChI is InChI=1S/C17H19NO2S2.ClH/c19-13-1-5-15(6-2-13)21-11-12-9-17(10-18-12)22-16-7-3-14(20)4-8-16;/h1-8,12,17-20H,9-11H2;1H/t12-,17-;/m0./s1. The molecule has 6 heteroatoms. The van der Waals surface area contributed by atoms with Crippen LogP contribution in [0.3, 0.4) is 0 Å². The monoisotopic (exact) mass is 369 g/mol. The number of benzene rings is 2. The second kappa shape index (κ2) is 8.73. The van der Waals surface area contributed by atoms with Crippen LogP contribution in [0.2, 0.25) is 0 Å². The van der Waals surface area contributed by atoms with Crippen molar-refractivity contribution < 1.29 is 10.2 Å². The van der Waals surface area contributed by atoms with E-state index in [-0.39, 0.29) is 12.4 Å². The van der Waals surface area contributed by atoms with Gasteiger partial charge in [-0.05, 0) is 55.0 Å². The molecule has 1 fully saturated rings. The van der Waals surface area contributed by atoms with Crippen molar-refractivity contribution in [3.05, 3.63) is 48.5 Å². The van der Waals surface area contributed by atoms with Gasteiger partial charge in [-0.2, -0.15) is 0 Å². The molecule has 0 spiro atoms. The van der Waals surface area contributed by atoms with Gasteiger partial charge in [0.25, 0.3) is 0 Å². The highest BCUT2D eigenvalue weighted by Gasteiger charge is 2.24. The Bertz CT molecular complexity index is 607. The zero-order valence-electron chi connectivity index (χ0n) is 12.5. The van der Waals surface area contributed by atoms with Gasteiger partial charge in [0, 0.05) is 33.4 Å². The highest BCUT2D eigenvalue weighted by molar-refractivity contribution is 8.00. The van der Waals surface area contributed by atoms with Crippen molar-refractivity contribution in [1.29, 1.82) is 0 Å². The molecule has 2 aromatic carbocycles. The molecule has 0 saturated carbocycles. The first-order chi connectivity index (χ1) is 10.7. The number of phenolic OH excluding ortho intramolecular Hbond substituents is 2. The second-order valence-corrected chi connectivity index (χ2v) is 7.85. The lowest BCUT2D eigenvalue weighted by molar-refractivity contribution is 0.474. The molecule has 1 heterocycles. The van der Waals surface area contributed by atoms with Crippen molar-refractivity contribution in [2.75, 3.05) is 12.3 Å². The highest BCUT2D eigenvalue weighted by atomic mass is 35.5. The maximum absolute atomic E-state index is 9.31. The van der Waals surface area contributed by atoms with E-state index in [1.807, 2.05) is 47.8 Å². The molecule has 0 aliphatic carbocycles. The topological polar surface area (TPSA) is 52.5 Å². The fourth-order valence-corrected chi connectivity index (χ4v) is 4.62. The van der Waals surface area contributed by atoms with E-state index in [1.165, 1.54) is 9.79 Å². The average Bonchev–Trinajstić information content (AvgIpc) is 2.97. The summed E-state index contributed by atoms with van der Waals surface area (Å²) in [7, 11) is 0. The third-order valence-corrected chi connectivity index (χ3v) is 6.02. The summed E-state index contributed by atoms with van der Waals surface area (Å²) >= 11 is 3.69. The second-order valence-electron chi connectivity index (χ2n) is 5.38. The first kappa shape index (κ1) is 18.3. The van der Waals surface area contributed by atoms with Crippen LogP contribution in [0.4, 0.5) is 0 Å². The number of halogens is 1. The molecule has 0 bridgehead atoms. The largest absolute Gasteiger partial charge is 0.508 e. The molecule has 124 valence electrons. The molecule has 3 N–H and O–H groups in total. The van der Waals surface area contributed by atoms with E-state index in [2.05, 4.69) is 5.32 Å². The fourth-order valence-electron chi connectivity index (χ4n) is 2.46. The van der Waals surface area contributed by atoms with Crippen LogP contribution >= 0.6 is 35.9 Å². The predicted molar refractivity (Wildman–Crippen MR) is 100 cm³/mol. The summed E-state index contributed by atoms with van der Waals surface area (Å²) in [4.78, 5) is 2.39. The lowest BCUT2D eigenvalue weighted by Gasteiger charge is -2.10. The third-order valence-electron chi connectivity index (χ3n) is 3.61. The van der Waals surface area contributed by atoms with Gasteiger partial charge in [-0.3, -0.25) is 0 Å². The minimum Gasteiger partial charge on any atom is -0.508 e. The van der Waals surface area contributed by atoms with Crippen LogP contribution in [-0.2, 0) is 0 Å². The third kappa shape index (κ3) is 5.53. The van der Waals surface area contributed by atoms with Gasteiger partial charge in [0.15, 0.2) is 0 Å². The van der Waals surface area contributed by atoms with Crippen LogP contribution in [0.5, 0.6) is 11.5 Å². The van der Waals surface area contributed by atoms with Crippen LogP contribution in [-0.4, -0.2) is 33.8 Å². The van der Waals surface area contributed by atoms with Crippen LogP contribution in [0, 0.1) is 0 Å². The van der Waals surface area contributed by atoms with Gasteiger partial charge in [0.2, 0.25) is 0 Å². The minimum atomic E-state index is 0. The lowest BCUT2D eigenvalue weighted by atomic mass is 10.2. The van der Waals surface area contributed by atoms with Gasteiger partial charge in [0.05, 0.1) is 0 Å². The van der Waals surface area contributed by atoms with E-state index in [0.717, 1.165) is 18.7 Å². The van der Waals surface area contributed by atoms with E-state index in [1.54, 1.807) is 24.3 Å². The van der Waals surface area contributed by atoms with Crippen molar-refractivity contribution >= 4 is 35.9 Å². The van der Waals surface area contributed by atoms with E-state index < -0.39 is 0 Å². The maximum Gasteiger partial charge on any atom is 0.115 e. The van der Waals surface area contributed by atoms with Crippen molar-refractivity contribution in [2.45, 2.75) is 27.5 Å². The predicted octanol–water partition coefficient (Wildman–Crippen LogP) is 4.13. The van der Waals surface area contributed by atoms with Gasteiger partial charge in [-0.15, -0.1) is 35.9 Å². The number of hydrogen-bond donors (Lipinski definition) is 3. The van der Waals surface area contributed by atoms with Gasteiger partial charge in [0.1, 0.15) is 11.5 Å². The Kier molecular flexibility index (Phi) is 6.96. The summed E-state index contributed by atoms with van der Waals surface area (Å²) in [6.45, 7) is 1.02. The Morgan fingerprint density at radius 2 is 1.48 bits per heavy atom. The van der Waals surface area contributed by atoms with Crippen molar-refractivity contribution in [3.8, 4) is 11.5 Å². The Labute approximate surface area is 151 Å². The number of rotatable bonds is 5. The van der Waals surface area contributed by atoms with Crippen LogP contribution in [0.1, 0.15) is 6.42 Å². The maximum atomic E-state index is 9.31. The molecule has 0 aromatic heterocycles. The molecular weight excluding hydrogens is 350 g/mol. The number of thioether (sulfide) groups is 2. The summed E-state index contributed by atoms with van der Waals surface area (Å²) in [5.74, 6) is 1.67.